The van der Waals surface area contributed by atoms with Crippen molar-refractivity contribution >= 4 is 27.4 Å². The highest BCUT2D eigenvalue weighted by molar-refractivity contribution is 7.16. The molecular weight excluding hydrogens is 346 g/mol. The minimum Gasteiger partial charge on any atom is -0.497 e. The molecule has 26 heavy (non-hydrogen) atoms. The minimum absolute atomic E-state index is 0.500. The van der Waals surface area contributed by atoms with Gasteiger partial charge in [0.25, 0.3) is 0 Å². The van der Waals surface area contributed by atoms with Crippen molar-refractivity contribution in [2.24, 2.45) is 0 Å². The topological polar surface area (TPSA) is 63.2 Å². The van der Waals surface area contributed by atoms with E-state index < -0.39 is 0 Å². The molecule has 0 atom stereocenters. The Morgan fingerprint density at radius 3 is 2.92 bits per heavy atom. The summed E-state index contributed by atoms with van der Waals surface area (Å²) in [6, 6.07) is 6.49. The highest BCUT2D eigenvalue weighted by atomic mass is 32.1. The van der Waals surface area contributed by atoms with Gasteiger partial charge in [-0.15, -0.1) is 11.3 Å². The Bertz CT molecular complexity index is 889. The van der Waals surface area contributed by atoms with Crippen molar-refractivity contribution in [3.8, 4) is 5.75 Å². The number of hydrogen-bond acceptors (Lipinski definition) is 7. The monoisotopic (exact) mass is 369 g/mol. The molecule has 4 rings (SSSR count). The van der Waals surface area contributed by atoms with Gasteiger partial charge in [0.2, 0.25) is 0 Å². The van der Waals surface area contributed by atoms with Crippen LogP contribution in [0.1, 0.15) is 24.4 Å². The van der Waals surface area contributed by atoms with E-state index in [-0.39, 0.29) is 0 Å². The number of fused-ring (bicyclic) bond motifs is 1. The van der Waals surface area contributed by atoms with Crippen molar-refractivity contribution in [3.05, 3.63) is 41.3 Å². The number of anilines is 1. The Balaban J connectivity index is 1.37. The lowest BCUT2D eigenvalue weighted by atomic mass is 10.0. The summed E-state index contributed by atoms with van der Waals surface area (Å²) in [5.74, 6) is 2.78. The SMILES string of the molecule is COc1ccnc(CNC2CCN(c3nc(C)nc4sccc34)CC2)c1. The Labute approximate surface area is 157 Å². The van der Waals surface area contributed by atoms with E-state index in [4.69, 9.17) is 9.72 Å². The van der Waals surface area contributed by atoms with E-state index in [9.17, 15) is 0 Å². The first-order valence-electron chi connectivity index (χ1n) is 8.92. The van der Waals surface area contributed by atoms with Crippen LogP contribution in [0, 0.1) is 6.92 Å². The minimum atomic E-state index is 0.500. The van der Waals surface area contributed by atoms with Gasteiger partial charge in [-0.25, -0.2) is 9.97 Å². The number of hydrogen-bond donors (Lipinski definition) is 1. The lowest BCUT2D eigenvalue weighted by Crippen LogP contribution is -2.42. The fourth-order valence-electron chi connectivity index (χ4n) is 3.41. The maximum absolute atomic E-state index is 5.26. The number of pyridine rings is 1. The molecule has 0 bridgehead atoms. The number of aryl methyl sites for hydroxylation is 1. The quantitative estimate of drug-likeness (QED) is 0.745. The van der Waals surface area contributed by atoms with Gasteiger partial charge in [0.05, 0.1) is 18.2 Å². The number of aromatic nitrogens is 3. The number of methoxy groups -OCH3 is 1. The van der Waals surface area contributed by atoms with Crippen LogP contribution >= 0.6 is 11.3 Å². The second kappa shape index (κ2) is 7.55. The van der Waals surface area contributed by atoms with Gasteiger partial charge in [-0.1, -0.05) is 0 Å². The predicted molar refractivity (Wildman–Crippen MR) is 105 cm³/mol. The van der Waals surface area contributed by atoms with E-state index in [1.54, 1.807) is 24.6 Å². The summed E-state index contributed by atoms with van der Waals surface area (Å²) in [5.41, 5.74) is 1.01. The normalized spacial score (nSPS) is 15.5. The summed E-state index contributed by atoms with van der Waals surface area (Å²) >= 11 is 1.68. The van der Waals surface area contributed by atoms with Gasteiger partial charge >= 0.3 is 0 Å². The molecule has 1 aliphatic heterocycles. The Morgan fingerprint density at radius 1 is 1.27 bits per heavy atom. The molecule has 3 aromatic heterocycles. The van der Waals surface area contributed by atoms with Crippen LogP contribution in [0.3, 0.4) is 0 Å². The predicted octanol–water partition coefficient (Wildman–Crippen LogP) is 3.16. The van der Waals surface area contributed by atoms with Crippen LogP contribution in [0.2, 0.25) is 0 Å². The first kappa shape index (κ1) is 17.2. The average molecular weight is 369 g/mol. The molecule has 0 saturated carbocycles. The molecule has 4 heterocycles. The zero-order valence-electron chi connectivity index (χ0n) is 15.1. The molecule has 0 amide bonds. The van der Waals surface area contributed by atoms with Gasteiger partial charge < -0.3 is 15.0 Å². The van der Waals surface area contributed by atoms with Gasteiger partial charge in [-0.3, -0.25) is 4.98 Å². The lowest BCUT2D eigenvalue weighted by molar-refractivity contribution is 0.404. The van der Waals surface area contributed by atoms with Crippen LogP contribution in [0.5, 0.6) is 5.75 Å². The van der Waals surface area contributed by atoms with Crippen molar-refractivity contribution in [2.45, 2.75) is 32.4 Å². The molecule has 6 nitrogen and oxygen atoms in total. The van der Waals surface area contributed by atoms with Crippen molar-refractivity contribution in [2.75, 3.05) is 25.1 Å². The van der Waals surface area contributed by atoms with Crippen molar-refractivity contribution < 1.29 is 4.74 Å². The van der Waals surface area contributed by atoms with E-state index in [1.165, 1.54) is 5.39 Å². The number of thiophene rings is 1. The fourth-order valence-corrected chi connectivity index (χ4v) is 4.21. The average Bonchev–Trinajstić information content (AvgIpc) is 3.14. The van der Waals surface area contributed by atoms with Crippen LogP contribution < -0.4 is 15.0 Å². The summed E-state index contributed by atoms with van der Waals surface area (Å²) in [6.45, 7) is 4.75. The van der Waals surface area contributed by atoms with E-state index in [0.717, 1.165) is 60.4 Å². The number of ether oxygens (including phenoxy) is 1. The Kier molecular flexibility index (Phi) is 4.99. The van der Waals surface area contributed by atoms with E-state index >= 15 is 0 Å². The highest BCUT2D eigenvalue weighted by Gasteiger charge is 2.22. The molecule has 3 aromatic rings. The molecule has 1 aliphatic rings. The first-order valence-corrected chi connectivity index (χ1v) is 9.80. The van der Waals surface area contributed by atoms with Crippen molar-refractivity contribution in [1.29, 1.82) is 0 Å². The fraction of sp³-hybridized carbons (Fsp3) is 0.421. The Hall–Kier alpha value is -2.25. The van der Waals surface area contributed by atoms with E-state index in [2.05, 4.69) is 31.6 Å². The summed E-state index contributed by atoms with van der Waals surface area (Å²) in [7, 11) is 1.68. The molecule has 7 heteroatoms. The molecule has 0 unspecified atom stereocenters. The van der Waals surface area contributed by atoms with E-state index in [1.807, 2.05) is 19.1 Å². The smallest absolute Gasteiger partial charge is 0.141 e. The van der Waals surface area contributed by atoms with Gasteiger partial charge in [-0.05, 0) is 37.3 Å². The van der Waals surface area contributed by atoms with Gasteiger partial charge in [0.15, 0.2) is 0 Å². The van der Waals surface area contributed by atoms with Gasteiger partial charge in [0.1, 0.15) is 22.2 Å². The third-order valence-electron chi connectivity index (χ3n) is 4.81. The second-order valence-corrected chi connectivity index (χ2v) is 7.46. The first-order chi connectivity index (χ1) is 12.7. The molecule has 0 aromatic carbocycles. The number of nitrogens with zero attached hydrogens (tertiary/aromatic N) is 4. The van der Waals surface area contributed by atoms with Gasteiger partial charge in [-0.2, -0.15) is 0 Å². The zero-order valence-corrected chi connectivity index (χ0v) is 15.9. The molecule has 1 N–H and O–H groups in total. The van der Waals surface area contributed by atoms with E-state index in [0.29, 0.717) is 6.04 Å². The largest absolute Gasteiger partial charge is 0.497 e. The molecule has 1 fully saturated rings. The van der Waals surface area contributed by atoms with Crippen molar-refractivity contribution in [3.63, 3.8) is 0 Å². The lowest BCUT2D eigenvalue weighted by Gasteiger charge is -2.33. The zero-order chi connectivity index (χ0) is 17.9. The number of rotatable bonds is 5. The molecule has 136 valence electrons. The maximum atomic E-state index is 5.26. The Morgan fingerprint density at radius 2 is 2.12 bits per heavy atom. The third-order valence-corrected chi connectivity index (χ3v) is 5.61. The highest BCUT2D eigenvalue weighted by Crippen LogP contribution is 2.29. The number of piperidine rings is 1. The van der Waals surface area contributed by atoms with Crippen molar-refractivity contribution in [1.82, 2.24) is 20.3 Å². The van der Waals surface area contributed by atoms with Crippen LogP contribution in [-0.2, 0) is 6.54 Å². The van der Waals surface area contributed by atoms with Crippen LogP contribution in [0.25, 0.3) is 10.2 Å². The number of nitrogens with one attached hydrogen (secondary N) is 1. The molecule has 0 spiro atoms. The molecule has 1 saturated heterocycles. The molecular formula is C19H23N5OS. The third kappa shape index (κ3) is 3.64. The molecule has 0 aliphatic carbocycles. The summed E-state index contributed by atoms with van der Waals surface area (Å²) in [4.78, 5) is 17.1. The maximum Gasteiger partial charge on any atom is 0.141 e. The molecule has 0 radical (unpaired) electrons. The second-order valence-electron chi connectivity index (χ2n) is 6.56. The summed E-state index contributed by atoms with van der Waals surface area (Å²) in [5, 5.41) is 6.90. The van der Waals surface area contributed by atoms with Crippen LogP contribution in [0.4, 0.5) is 5.82 Å². The van der Waals surface area contributed by atoms with Gasteiger partial charge in [0, 0.05) is 37.9 Å². The van der Waals surface area contributed by atoms with Crippen LogP contribution in [0.15, 0.2) is 29.8 Å². The van der Waals surface area contributed by atoms with Crippen LogP contribution in [-0.4, -0.2) is 41.2 Å². The standard InChI is InChI=1S/C19H23N5OS/c1-13-22-18(17-6-10-26-19(17)23-13)24-8-4-14(5-9-24)21-12-15-11-16(25-2)3-7-20-15/h3,6-7,10-11,14,21H,4-5,8-9,12H2,1-2H3. The summed E-state index contributed by atoms with van der Waals surface area (Å²) in [6.07, 6.45) is 3.99. The summed E-state index contributed by atoms with van der Waals surface area (Å²) < 4.78 is 5.26.